The Bertz CT molecular complexity index is 1020. The van der Waals surface area contributed by atoms with Crippen molar-refractivity contribution in [2.24, 2.45) is 0 Å². The summed E-state index contributed by atoms with van der Waals surface area (Å²) in [5.41, 5.74) is 4.27. The Kier molecular flexibility index (Phi) is 4.87. The fourth-order valence-electron chi connectivity index (χ4n) is 3.93. The van der Waals surface area contributed by atoms with Gasteiger partial charge in [-0.25, -0.2) is 4.98 Å². The SMILES string of the molecule is C=C(Br)Cn1c(C2CC(=O)N(c3ccccc3CC)C2)nc2ccccc21. The van der Waals surface area contributed by atoms with Crippen molar-refractivity contribution in [1.29, 1.82) is 0 Å². The maximum atomic E-state index is 12.8. The first-order chi connectivity index (χ1) is 13.1. The van der Waals surface area contributed by atoms with E-state index in [2.05, 4.69) is 46.1 Å². The van der Waals surface area contributed by atoms with Gasteiger partial charge in [-0.05, 0) is 30.2 Å². The van der Waals surface area contributed by atoms with Crippen LogP contribution >= 0.6 is 15.9 Å². The number of carbonyl (C=O) groups excluding carboxylic acids is 1. The topological polar surface area (TPSA) is 38.1 Å². The Morgan fingerprint density at radius 3 is 2.74 bits per heavy atom. The lowest BCUT2D eigenvalue weighted by Crippen LogP contribution is -2.25. The van der Waals surface area contributed by atoms with Crippen LogP contribution < -0.4 is 4.90 Å². The highest BCUT2D eigenvalue weighted by atomic mass is 79.9. The largest absolute Gasteiger partial charge is 0.323 e. The molecule has 1 aromatic heterocycles. The molecule has 0 saturated carbocycles. The van der Waals surface area contributed by atoms with Crippen molar-refractivity contribution < 1.29 is 4.79 Å². The van der Waals surface area contributed by atoms with Gasteiger partial charge in [-0.15, -0.1) is 0 Å². The number of carbonyl (C=O) groups is 1. The molecule has 138 valence electrons. The number of fused-ring (bicyclic) bond motifs is 1. The molecule has 1 aliphatic heterocycles. The van der Waals surface area contributed by atoms with Crippen molar-refractivity contribution in [2.45, 2.75) is 32.2 Å². The summed E-state index contributed by atoms with van der Waals surface area (Å²) in [6.45, 7) is 7.42. The first-order valence-electron chi connectivity index (χ1n) is 9.25. The van der Waals surface area contributed by atoms with E-state index in [0.717, 1.165) is 33.4 Å². The van der Waals surface area contributed by atoms with Crippen molar-refractivity contribution >= 4 is 38.6 Å². The van der Waals surface area contributed by atoms with Gasteiger partial charge < -0.3 is 9.47 Å². The molecule has 1 aliphatic rings. The number of nitrogens with zero attached hydrogens (tertiary/aromatic N) is 3. The van der Waals surface area contributed by atoms with Crippen molar-refractivity contribution in [3.8, 4) is 0 Å². The van der Waals surface area contributed by atoms with Gasteiger partial charge in [0.2, 0.25) is 5.91 Å². The minimum absolute atomic E-state index is 0.0710. The number of para-hydroxylation sites is 3. The van der Waals surface area contributed by atoms with Gasteiger partial charge in [0.1, 0.15) is 5.82 Å². The van der Waals surface area contributed by atoms with Gasteiger partial charge in [-0.3, -0.25) is 4.79 Å². The molecule has 1 unspecified atom stereocenters. The number of imidazole rings is 1. The number of aromatic nitrogens is 2. The number of anilines is 1. The molecule has 2 aromatic carbocycles. The molecule has 1 atom stereocenters. The van der Waals surface area contributed by atoms with Crippen LogP contribution in [0.3, 0.4) is 0 Å². The number of aryl methyl sites for hydroxylation is 1. The zero-order valence-electron chi connectivity index (χ0n) is 15.4. The van der Waals surface area contributed by atoms with E-state index in [1.54, 1.807) is 0 Å². The van der Waals surface area contributed by atoms with Gasteiger partial charge in [0.25, 0.3) is 0 Å². The first-order valence-corrected chi connectivity index (χ1v) is 10.0. The van der Waals surface area contributed by atoms with Gasteiger partial charge >= 0.3 is 0 Å². The van der Waals surface area contributed by atoms with Crippen molar-refractivity contribution in [2.75, 3.05) is 11.4 Å². The number of amides is 1. The molecule has 0 radical (unpaired) electrons. The van der Waals surface area contributed by atoms with Crippen LogP contribution in [0.4, 0.5) is 5.69 Å². The molecule has 1 fully saturated rings. The number of hydrogen-bond donors (Lipinski definition) is 0. The van der Waals surface area contributed by atoms with Gasteiger partial charge in [-0.2, -0.15) is 0 Å². The third-order valence-electron chi connectivity index (χ3n) is 5.17. The predicted octanol–water partition coefficient (Wildman–Crippen LogP) is 5.03. The van der Waals surface area contributed by atoms with Gasteiger partial charge in [0.05, 0.1) is 17.6 Å². The molecule has 0 spiro atoms. The maximum absolute atomic E-state index is 12.8. The average molecular weight is 424 g/mol. The highest BCUT2D eigenvalue weighted by Crippen LogP contribution is 2.35. The van der Waals surface area contributed by atoms with E-state index < -0.39 is 0 Å². The molecule has 0 N–H and O–H groups in total. The summed E-state index contributed by atoms with van der Waals surface area (Å²) in [5.74, 6) is 1.19. The third kappa shape index (κ3) is 3.32. The average Bonchev–Trinajstić information content (AvgIpc) is 3.22. The lowest BCUT2D eigenvalue weighted by atomic mass is 10.1. The number of rotatable bonds is 5. The molecular formula is C22H22BrN3O. The molecule has 1 saturated heterocycles. The Hall–Kier alpha value is -2.40. The number of benzene rings is 2. The quantitative estimate of drug-likeness (QED) is 0.577. The fraction of sp³-hybridized carbons (Fsp3) is 0.273. The summed E-state index contributed by atoms with van der Waals surface area (Å²) in [6.07, 6.45) is 1.39. The lowest BCUT2D eigenvalue weighted by Gasteiger charge is -2.20. The minimum Gasteiger partial charge on any atom is -0.323 e. The van der Waals surface area contributed by atoms with Crippen LogP contribution in [0.2, 0.25) is 0 Å². The van der Waals surface area contributed by atoms with Crippen LogP contribution in [0.5, 0.6) is 0 Å². The van der Waals surface area contributed by atoms with Gasteiger partial charge in [-0.1, -0.05) is 59.8 Å². The van der Waals surface area contributed by atoms with Crippen LogP contribution in [0.25, 0.3) is 11.0 Å². The zero-order chi connectivity index (χ0) is 19.0. The normalized spacial score (nSPS) is 17.0. The molecule has 3 aromatic rings. The highest BCUT2D eigenvalue weighted by molar-refractivity contribution is 9.11. The van der Waals surface area contributed by atoms with E-state index in [0.29, 0.717) is 19.5 Å². The predicted molar refractivity (Wildman–Crippen MR) is 113 cm³/mol. The monoisotopic (exact) mass is 423 g/mol. The van der Waals surface area contributed by atoms with Crippen LogP contribution in [0.1, 0.15) is 30.7 Å². The van der Waals surface area contributed by atoms with Crippen molar-refractivity contribution in [1.82, 2.24) is 9.55 Å². The Morgan fingerprint density at radius 2 is 1.96 bits per heavy atom. The molecule has 4 nitrogen and oxygen atoms in total. The Balaban J connectivity index is 1.73. The molecule has 27 heavy (non-hydrogen) atoms. The van der Waals surface area contributed by atoms with Crippen LogP contribution in [-0.4, -0.2) is 22.0 Å². The molecular weight excluding hydrogens is 402 g/mol. The van der Waals surface area contributed by atoms with E-state index in [-0.39, 0.29) is 11.8 Å². The van der Waals surface area contributed by atoms with E-state index >= 15 is 0 Å². The standard InChI is InChI=1S/C22H22BrN3O/c1-3-16-8-4-6-10-19(16)25-14-17(12-21(25)27)22-24-18-9-5-7-11-20(18)26(22)13-15(2)23/h4-11,17H,2-3,12-14H2,1H3. The summed E-state index contributed by atoms with van der Waals surface area (Å²) >= 11 is 3.48. The molecule has 0 aliphatic carbocycles. The van der Waals surface area contributed by atoms with E-state index in [1.807, 2.05) is 41.3 Å². The van der Waals surface area contributed by atoms with Crippen LogP contribution in [0.15, 0.2) is 59.6 Å². The Morgan fingerprint density at radius 1 is 1.22 bits per heavy atom. The lowest BCUT2D eigenvalue weighted by molar-refractivity contribution is -0.117. The van der Waals surface area contributed by atoms with Crippen molar-refractivity contribution in [3.63, 3.8) is 0 Å². The second-order valence-electron chi connectivity index (χ2n) is 6.95. The summed E-state index contributed by atoms with van der Waals surface area (Å²) < 4.78 is 3.07. The first kappa shape index (κ1) is 18.0. The minimum atomic E-state index is 0.0710. The summed E-state index contributed by atoms with van der Waals surface area (Å²) in [4.78, 5) is 19.6. The molecule has 5 heteroatoms. The highest BCUT2D eigenvalue weighted by Gasteiger charge is 2.35. The zero-order valence-corrected chi connectivity index (χ0v) is 16.9. The van der Waals surface area contributed by atoms with Crippen LogP contribution in [0, 0.1) is 0 Å². The number of allylic oxidation sites excluding steroid dienone is 1. The molecule has 1 amide bonds. The fourth-order valence-corrected chi connectivity index (χ4v) is 4.18. The second-order valence-corrected chi connectivity index (χ2v) is 8.07. The Labute approximate surface area is 167 Å². The molecule has 2 heterocycles. The third-order valence-corrected chi connectivity index (χ3v) is 5.42. The molecule has 4 rings (SSSR count). The van der Waals surface area contributed by atoms with Crippen molar-refractivity contribution in [3.05, 3.63) is 71.0 Å². The smallest absolute Gasteiger partial charge is 0.227 e. The van der Waals surface area contributed by atoms with Gasteiger partial charge in [0, 0.05) is 29.1 Å². The number of hydrogen-bond acceptors (Lipinski definition) is 2. The van der Waals surface area contributed by atoms with E-state index in [1.165, 1.54) is 5.56 Å². The van der Waals surface area contributed by atoms with Gasteiger partial charge in [0.15, 0.2) is 0 Å². The summed E-state index contributed by atoms with van der Waals surface area (Å²) in [5, 5.41) is 0. The molecule has 0 bridgehead atoms. The second kappa shape index (κ2) is 7.31. The van der Waals surface area contributed by atoms with E-state index in [9.17, 15) is 4.79 Å². The summed E-state index contributed by atoms with van der Waals surface area (Å²) in [6, 6.07) is 16.3. The van der Waals surface area contributed by atoms with E-state index in [4.69, 9.17) is 4.98 Å². The maximum Gasteiger partial charge on any atom is 0.227 e. The van der Waals surface area contributed by atoms with Crippen LogP contribution in [-0.2, 0) is 17.8 Å². The summed E-state index contributed by atoms with van der Waals surface area (Å²) in [7, 11) is 0. The number of halogens is 1.